The topological polar surface area (TPSA) is 32.3 Å². The van der Waals surface area contributed by atoms with Crippen molar-refractivity contribution in [1.82, 2.24) is 4.90 Å². The highest BCUT2D eigenvalue weighted by molar-refractivity contribution is 7.10. The zero-order chi connectivity index (χ0) is 15.5. The standard InChI is InChI=1S/C16H16Cl2N2OS/c17-12-1-2-13(18)14(9-12)19-16(21)4-7-20-6-3-15-11(10-20)5-8-22-15/h1-2,5,8-9H,3-4,6-7,10H2,(H,19,21). The Morgan fingerprint density at radius 1 is 1.32 bits per heavy atom. The van der Waals surface area contributed by atoms with E-state index in [4.69, 9.17) is 23.2 Å². The Balaban J connectivity index is 1.52. The third kappa shape index (κ3) is 3.82. The van der Waals surface area contributed by atoms with Gasteiger partial charge in [-0.05, 0) is 41.6 Å². The highest BCUT2D eigenvalue weighted by Crippen LogP contribution is 2.26. The molecule has 0 saturated heterocycles. The number of amides is 1. The summed E-state index contributed by atoms with van der Waals surface area (Å²) in [5.41, 5.74) is 1.97. The zero-order valence-electron chi connectivity index (χ0n) is 11.9. The van der Waals surface area contributed by atoms with E-state index in [-0.39, 0.29) is 5.91 Å². The van der Waals surface area contributed by atoms with Crippen molar-refractivity contribution < 1.29 is 4.79 Å². The SMILES string of the molecule is O=C(CCN1CCc2sccc2C1)Nc1cc(Cl)ccc1Cl. The van der Waals surface area contributed by atoms with Crippen molar-refractivity contribution in [2.75, 3.05) is 18.4 Å². The van der Waals surface area contributed by atoms with E-state index in [1.54, 1.807) is 18.2 Å². The van der Waals surface area contributed by atoms with Gasteiger partial charge in [0.2, 0.25) is 5.91 Å². The maximum atomic E-state index is 12.1. The van der Waals surface area contributed by atoms with Crippen molar-refractivity contribution in [3.63, 3.8) is 0 Å². The number of hydrogen-bond donors (Lipinski definition) is 1. The van der Waals surface area contributed by atoms with Crippen LogP contribution >= 0.6 is 34.5 Å². The number of rotatable bonds is 4. The molecular formula is C16H16Cl2N2OS. The molecule has 116 valence electrons. The summed E-state index contributed by atoms with van der Waals surface area (Å²) in [7, 11) is 0. The van der Waals surface area contributed by atoms with Gasteiger partial charge in [0.15, 0.2) is 0 Å². The van der Waals surface area contributed by atoms with Gasteiger partial charge in [-0.1, -0.05) is 23.2 Å². The number of carbonyl (C=O) groups excluding carboxylic acids is 1. The molecule has 0 spiro atoms. The number of nitrogens with one attached hydrogen (secondary N) is 1. The molecule has 6 heteroatoms. The van der Waals surface area contributed by atoms with Crippen molar-refractivity contribution in [2.45, 2.75) is 19.4 Å². The van der Waals surface area contributed by atoms with E-state index in [1.807, 2.05) is 11.3 Å². The summed E-state index contributed by atoms with van der Waals surface area (Å²) >= 11 is 13.8. The Kier molecular flexibility index (Phi) is 5.03. The molecule has 1 N–H and O–H groups in total. The van der Waals surface area contributed by atoms with Crippen LogP contribution in [0.4, 0.5) is 5.69 Å². The van der Waals surface area contributed by atoms with Crippen LogP contribution in [0.1, 0.15) is 16.9 Å². The normalized spacial score (nSPS) is 14.6. The van der Waals surface area contributed by atoms with Gasteiger partial charge in [-0.2, -0.15) is 0 Å². The molecular weight excluding hydrogens is 339 g/mol. The minimum absolute atomic E-state index is 0.0414. The fourth-order valence-electron chi connectivity index (χ4n) is 2.56. The van der Waals surface area contributed by atoms with E-state index in [2.05, 4.69) is 21.7 Å². The molecule has 1 aliphatic rings. The number of fused-ring (bicyclic) bond motifs is 1. The first-order chi connectivity index (χ1) is 10.6. The number of halogens is 2. The maximum Gasteiger partial charge on any atom is 0.225 e. The average Bonchev–Trinajstić information content (AvgIpc) is 2.96. The van der Waals surface area contributed by atoms with Gasteiger partial charge in [0.25, 0.3) is 0 Å². The molecule has 0 atom stereocenters. The van der Waals surface area contributed by atoms with Crippen molar-refractivity contribution in [2.24, 2.45) is 0 Å². The summed E-state index contributed by atoms with van der Waals surface area (Å²) in [5.74, 6) is -0.0414. The molecule has 0 aliphatic carbocycles. The van der Waals surface area contributed by atoms with E-state index >= 15 is 0 Å². The third-order valence-electron chi connectivity index (χ3n) is 3.74. The van der Waals surface area contributed by atoms with Gasteiger partial charge in [0.05, 0.1) is 10.7 Å². The van der Waals surface area contributed by atoms with Crippen LogP contribution in [0.2, 0.25) is 10.0 Å². The monoisotopic (exact) mass is 354 g/mol. The summed E-state index contributed by atoms with van der Waals surface area (Å²) < 4.78 is 0. The summed E-state index contributed by atoms with van der Waals surface area (Å²) in [5, 5.41) is 6.02. The molecule has 2 heterocycles. The lowest BCUT2D eigenvalue weighted by molar-refractivity contribution is -0.116. The fraction of sp³-hybridized carbons (Fsp3) is 0.312. The van der Waals surface area contributed by atoms with Crippen LogP contribution in [0.5, 0.6) is 0 Å². The minimum atomic E-state index is -0.0414. The molecule has 1 aromatic heterocycles. The van der Waals surface area contributed by atoms with Gasteiger partial charge < -0.3 is 5.32 Å². The average molecular weight is 355 g/mol. The molecule has 0 fully saturated rings. The predicted octanol–water partition coefficient (Wildman–Crippen LogP) is 4.44. The fourth-order valence-corrected chi connectivity index (χ4v) is 3.79. The summed E-state index contributed by atoms with van der Waals surface area (Å²) in [6, 6.07) is 7.23. The molecule has 0 radical (unpaired) electrons. The van der Waals surface area contributed by atoms with Gasteiger partial charge in [-0.15, -0.1) is 11.3 Å². The van der Waals surface area contributed by atoms with Crippen LogP contribution in [0.15, 0.2) is 29.6 Å². The molecule has 22 heavy (non-hydrogen) atoms. The Morgan fingerprint density at radius 2 is 2.18 bits per heavy atom. The number of nitrogens with zero attached hydrogens (tertiary/aromatic N) is 1. The summed E-state index contributed by atoms with van der Waals surface area (Å²) in [6.45, 7) is 2.70. The van der Waals surface area contributed by atoms with Crippen LogP contribution in [0.3, 0.4) is 0 Å². The summed E-state index contributed by atoms with van der Waals surface area (Å²) in [4.78, 5) is 15.9. The highest BCUT2D eigenvalue weighted by Gasteiger charge is 2.17. The van der Waals surface area contributed by atoms with E-state index < -0.39 is 0 Å². The van der Waals surface area contributed by atoms with E-state index in [1.165, 1.54) is 10.4 Å². The lowest BCUT2D eigenvalue weighted by atomic mass is 10.1. The maximum absolute atomic E-state index is 12.1. The Hall–Kier alpha value is -1.07. The van der Waals surface area contributed by atoms with Crippen molar-refractivity contribution >= 4 is 46.1 Å². The molecule has 2 aromatic rings. The first kappa shape index (κ1) is 15.8. The van der Waals surface area contributed by atoms with Gasteiger partial charge in [-0.3, -0.25) is 9.69 Å². The second kappa shape index (κ2) is 7.01. The number of hydrogen-bond acceptors (Lipinski definition) is 3. The second-order valence-corrected chi connectivity index (χ2v) is 7.16. The smallest absolute Gasteiger partial charge is 0.225 e. The number of benzene rings is 1. The molecule has 0 saturated carbocycles. The highest BCUT2D eigenvalue weighted by atomic mass is 35.5. The van der Waals surface area contributed by atoms with Crippen LogP contribution in [-0.2, 0) is 17.8 Å². The molecule has 3 rings (SSSR count). The third-order valence-corrected chi connectivity index (χ3v) is 5.33. The van der Waals surface area contributed by atoms with E-state index in [0.29, 0.717) is 22.2 Å². The van der Waals surface area contributed by atoms with Crippen LogP contribution in [-0.4, -0.2) is 23.9 Å². The van der Waals surface area contributed by atoms with E-state index in [0.717, 1.165) is 26.1 Å². The minimum Gasteiger partial charge on any atom is -0.325 e. The molecule has 0 bridgehead atoms. The second-order valence-electron chi connectivity index (χ2n) is 5.32. The lowest BCUT2D eigenvalue weighted by Gasteiger charge is -2.26. The van der Waals surface area contributed by atoms with Gasteiger partial charge in [0.1, 0.15) is 0 Å². The zero-order valence-corrected chi connectivity index (χ0v) is 14.3. The van der Waals surface area contributed by atoms with Gasteiger partial charge in [0, 0.05) is 36.0 Å². The number of anilines is 1. The van der Waals surface area contributed by atoms with Crippen molar-refractivity contribution in [3.8, 4) is 0 Å². The molecule has 1 aromatic carbocycles. The summed E-state index contributed by atoms with van der Waals surface area (Å²) in [6.07, 6.45) is 1.52. The molecule has 3 nitrogen and oxygen atoms in total. The van der Waals surface area contributed by atoms with Crippen molar-refractivity contribution in [1.29, 1.82) is 0 Å². The van der Waals surface area contributed by atoms with Gasteiger partial charge >= 0.3 is 0 Å². The first-order valence-corrected chi connectivity index (χ1v) is 8.78. The quantitative estimate of drug-likeness (QED) is 0.879. The number of thiophene rings is 1. The molecule has 1 amide bonds. The van der Waals surface area contributed by atoms with Crippen molar-refractivity contribution in [3.05, 3.63) is 50.1 Å². The Bertz CT molecular complexity index is 687. The van der Waals surface area contributed by atoms with Crippen LogP contribution < -0.4 is 5.32 Å². The molecule has 0 unspecified atom stereocenters. The van der Waals surface area contributed by atoms with Crippen LogP contribution in [0.25, 0.3) is 0 Å². The Morgan fingerprint density at radius 3 is 3.05 bits per heavy atom. The van der Waals surface area contributed by atoms with E-state index in [9.17, 15) is 4.79 Å². The van der Waals surface area contributed by atoms with Gasteiger partial charge in [-0.25, -0.2) is 0 Å². The largest absolute Gasteiger partial charge is 0.325 e. The first-order valence-electron chi connectivity index (χ1n) is 7.14. The predicted molar refractivity (Wildman–Crippen MR) is 93.0 cm³/mol. The molecule has 1 aliphatic heterocycles. The number of carbonyl (C=O) groups is 1. The van der Waals surface area contributed by atoms with Crippen LogP contribution in [0, 0.1) is 0 Å². The lowest BCUT2D eigenvalue weighted by Crippen LogP contribution is -2.32. The Labute approximate surface area is 143 Å².